The lowest BCUT2D eigenvalue weighted by molar-refractivity contribution is 0.251. The molecule has 2 N–H and O–H groups in total. The maximum atomic E-state index is 13.2. The van der Waals surface area contributed by atoms with E-state index in [2.05, 4.69) is 17.6 Å². The van der Waals surface area contributed by atoms with Gasteiger partial charge >= 0.3 is 6.03 Å². The minimum Gasteiger partial charge on any atom is -0.334 e. The van der Waals surface area contributed by atoms with E-state index >= 15 is 0 Å². The summed E-state index contributed by atoms with van der Waals surface area (Å²) >= 11 is 0. The second kappa shape index (κ2) is 6.88. The molecule has 0 spiro atoms. The number of hydrogen-bond donors (Lipinski definition) is 2. The van der Waals surface area contributed by atoms with Gasteiger partial charge in [-0.3, -0.25) is 0 Å². The monoisotopic (exact) mass is 286 g/mol. The van der Waals surface area contributed by atoms with E-state index in [1.807, 2.05) is 31.2 Å². The second-order valence-electron chi connectivity index (χ2n) is 4.93. The zero-order valence-electron chi connectivity index (χ0n) is 12.2. The highest BCUT2D eigenvalue weighted by Crippen LogP contribution is 2.12. The maximum Gasteiger partial charge on any atom is 0.319 e. The number of hydrogen-bond acceptors (Lipinski definition) is 1. The quantitative estimate of drug-likeness (QED) is 0.875. The average Bonchev–Trinajstić information content (AvgIpc) is 2.48. The number of nitrogens with one attached hydrogen (secondary N) is 2. The molecule has 2 amide bonds. The lowest BCUT2D eigenvalue weighted by Gasteiger charge is -2.10. The van der Waals surface area contributed by atoms with Gasteiger partial charge in [-0.25, -0.2) is 9.18 Å². The fraction of sp³-hybridized carbons (Fsp3) is 0.235. The molecule has 0 aliphatic carbocycles. The summed E-state index contributed by atoms with van der Waals surface area (Å²) < 4.78 is 13.2. The first-order valence-corrected chi connectivity index (χ1v) is 6.97. The Labute approximate surface area is 124 Å². The van der Waals surface area contributed by atoms with E-state index in [1.165, 1.54) is 12.1 Å². The summed E-state index contributed by atoms with van der Waals surface area (Å²) in [6.07, 6.45) is 0.916. The van der Waals surface area contributed by atoms with Gasteiger partial charge in [0.05, 0.1) is 0 Å². The van der Waals surface area contributed by atoms with E-state index in [4.69, 9.17) is 0 Å². The van der Waals surface area contributed by atoms with Crippen molar-refractivity contribution in [2.45, 2.75) is 26.8 Å². The molecular formula is C17H19FN2O. The molecule has 4 heteroatoms. The topological polar surface area (TPSA) is 41.1 Å². The van der Waals surface area contributed by atoms with Crippen molar-refractivity contribution in [3.63, 3.8) is 0 Å². The maximum absolute atomic E-state index is 13.2. The summed E-state index contributed by atoms with van der Waals surface area (Å²) in [4.78, 5) is 11.9. The number of amides is 2. The van der Waals surface area contributed by atoms with Crippen LogP contribution >= 0.6 is 0 Å². The Bertz CT molecular complexity index is 640. The normalized spacial score (nSPS) is 10.2. The number of benzene rings is 2. The van der Waals surface area contributed by atoms with Gasteiger partial charge in [0.1, 0.15) is 5.82 Å². The van der Waals surface area contributed by atoms with Gasteiger partial charge < -0.3 is 10.6 Å². The molecule has 0 saturated heterocycles. The second-order valence-corrected chi connectivity index (χ2v) is 4.93. The molecule has 110 valence electrons. The molecule has 3 nitrogen and oxygen atoms in total. The van der Waals surface area contributed by atoms with Gasteiger partial charge in [-0.1, -0.05) is 25.1 Å². The lowest BCUT2D eigenvalue weighted by Crippen LogP contribution is -2.28. The van der Waals surface area contributed by atoms with Crippen LogP contribution in [0.5, 0.6) is 0 Å². The van der Waals surface area contributed by atoms with Gasteiger partial charge in [0.2, 0.25) is 0 Å². The summed E-state index contributed by atoms with van der Waals surface area (Å²) in [6.45, 7) is 4.24. The molecule has 0 bridgehead atoms. The molecule has 21 heavy (non-hydrogen) atoms. The van der Waals surface area contributed by atoms with Crippen LogP contribution in [0.4, 0.5) is 14.9 Å². The number of carbonyl (C=O) groups is 1. The fourth-order valence-corrected chi connectivity index (χ4v) is 2.05. The van der Waals surface area contributed by atoms with Crippen molar-refractivity contribution in [3.8, 4) is 0 Å². The predicted octanol–water partition coefficient (Wildman–Crippen LogP) is 4.02. The van der Waals surface area contributed by atoms with E-state index < -0.39 is 0 Å². The van der Waals surface area contributed by atoms with Crippen molar-refractivity contribution in [3.05, 3.63) is 65.0 Å². The van der Waals surface area contributed by atoms with E-state index in [-0.39, 0.29) is 11.8 Å². The first-order valence-electron chi connectivity index (χ1n) is 6.97. The van der Waals surface area contributed by atoms with Crippen molar-refractivity contribution in [1.82, 2.24) is 5.32 Å². The fourth-order valence-electron chi connectivity index (χ4n) is 2.05. The number of urea groups is 1. The highest BCUT2D eigenvalue weighted by atomic mass is 19.1. The van der Waals surface area contributed by atoms with Crippen LogP contribution in [0.25, 0.3) is 0 Å². The van der Waals surface area contributed by atoms with Gasteiger partial charge in [0.15, 0.2) is 0 Å². The molecule has 0 unspecified atom stereocenters. The summed E-state index contributed by atoms with van der Waals surface area (Å²) in [5, 5.41) is 5.51. The van der Waals surface area contributed by atoms with Crippen molar-refractivity contribution in [2.75, 3.05) is 5.32 Å². The van der Waals surface area contributed by atoms with Gasteiger partial charge in [-0.2, -0.15) is 0 Å². The zero-order chi connectivity index (χ0) is 15.2. The van der Waals surface area contributed by atoms with Crippen molar-refractivity contribution in [1.29, 1.82) is 0 Å². The molecule has 0 aromatic heterocycles. The van der Waals surface area contributed by atoms with Gasteiger partial charge in [0.25, 0.3) is 0 Å². The Morgan fingerprint density at radius 3 is 2.76 bits per heavy atom. The number of aryl methyl sites for hydroxylation is 2. The molecule has 0 fully saturated rings. The largest absolute Gasteiger partial charge is 0.334 e. The molecule has 2 aromatic rings. The van der Waals surface area contributed by atoms with Crippen LogP contribution < -0.4 is 10.6 Å². The number of halogens is 1. The minimum absolute atomic E-state index is 0.295. The van der Waals surface area contributed by atoms with Crippen LogP contribution in [0.1, 0.15) is 23.6 Å². The Morgan fingerprint density at radius 2 is 2.00 bits per heavy atom. The number of rotatable bonds is 4. The third-order valence-corrected chi connectivity index (χ3v) is 3.34. The smallest absolute Gasteiger partial charge is 0.319 e. The van der Waals surface area contributed by atoms with Crippen LogP contribution in [0, 0.1) is 12.7 Å². The van der Waals surface area contributed by atoms with Crippen molar-refractivity contribution >= 4 is 11.7 Å². The van der Waals surface area contributed by atoms with Crippen LogP contribution in [0.3, 0.4) is 0 Å². The average molecular weight is 286 g/mol. The summed E-state index contributed by atoms with van der Waals surface area (Å²) in [5.41, 5.74) is 3.63. The molecule has 0 saturated carbocycles. The minimum atomic E-state index is -0.299. The summed E-state index contributed by atoms with van der Waals surface area (Å²) in [5.74, 6) is -0.298. The van der Waals surface area contributed by atoms with Gasteiger partial charge in [-0.05, 0) is 54.3 Å². The Balaban J connectivity index is 1.94. The summed E-state index contributed by atoms with van der Waals surface area (Å²) in [7, 11) is 0. The molecule has 2 rings (SSSR count). The highest BCUT2D eigenvalue weighted by Gasteiger charge is 2.05. The molecule has 0 radical (unpaired) electrons. The standard InChI is InChI=1S/C17H19FN2O/c1-3-13-5-4-6-16(9-13)20-17(21)19-11-14-10-15(18)8-7-12(14)2/h4-10H,3,11H2,1-2H3,(H2,19,20,21). The van der Waals surface area contributed by atoms with Crippen molar-refractivity contribution < 1.29 is 9.18 Å². The van der Waals surface area contributed by atoms with E-state index in [0.717, 1.165) is 28.8 Å². The third kappa shape index (κ3) is 4.31. The first-order chi connectivity index (χ1) is 10.1. The van der Waals surface area contributed by atoms with Crippen LogP contribution in [-0.2, 0) is 13.0 Å². The lowest BCUT2D eigenvalue weighted by atomic mass is 10.1. The van der Waals surface area contributed by atoms with Crippen LogP contribution in [0.15, 0.2) is 42.5 Å². The van der Waals surface area contributed by atoms with Gasteiger partial charge in [-0.15, -0.1) is 0 Å². The highest BCUT2D eigenvalue weighted by molar-refractivity contribution is 5.89. The van der Waals surface area contributed by atoms with E-state index in [0.29, 0.717) is 6.54 Å². The van der Waals surface area contributed by atoms with Crippen molar-refractivity contribution in [2.24, 2.45) is 0 Å². The van der Waals surface area contributed by atoms with Crippen LogP contribution in [0.2, 0.25) is 0 Å². The Hall–Kier alpha value is -2.36. The molecule has 0 aliphatic heterocycles. The number of carbonyl (C=O) groups excluding carboxylic acids is 1. The first kappa shape index (κ1) is 15.0. The SMILES string of the molecule is CCc1cccc(NC(=O)NCc2cc(F)ccc2C)c1. The summed E-state index contributed by atoms with van der Waals surface area (Å²) in [6, 6.07) is 12.0. The Kier molecular flexibility index (Phi) is 4.93. The van der Waals surface area contributed by atoms with E-state index in [9.17, 15) is 9.18 Å². The predicted molar refractivity (Wildman–Crippen MR) is 82.8 cm³/mol. The number of anilines is 1. The van der Waals surface area contributed by atoms with Gasteiger partial charge in [0, 0.05) is 12.2 Å². The molecule has 0 heterocycles. The van der Waals surface area contributed by atoms with Crippen LogP contribution in [-0.4, -0.2) is 6.03 Å². The third-order valence-electron chi connectivity index (χ3n) is 3.34. The molecular weight excluding hydrogens is 267 g/mol. The molecule has 0 aliphatic rings. The Morgan fingerprint density at radius 1 is 1.19 bits per heavy atom. The molecule has 0 atom stereocenters. The molecule has 2 aromatic carbocycles. The van der Waals surface area contributed by atoms with E-state index in [1.54, 1.807) is 6.07 Å². The zero-order valence-corrected chi connectivity index (χ0v) is 12.2.